The summed E-state index contributed by atoms with van der Waals surface area (Å²) in [5.74, 6) is 0.896. The third-order valence-corrected chi connectivity index (χ3v) is 3.83. The average Bonchev–Trinajstić information content (AvgIpc) is 2.34. The van der Waals surface area contributed by atoms with Gasteiger partial charge in [0.2, 0.25) is 0 Å². The van der Waals surface area contributed by atoms with Crippen LogP contribution in [0.5, 0.6) is 5.75 Å². The molecule has 0 spiro atoms. The van der Waals surface area contributed by atoms with Crippen molar-refractivity contribution in [2.45, 2.75) is 25.7 Å². The minimum Gasteiger partial charge on any atom is -0.497 e. The highest BCUT2D eigenvalue weighted by Gasteiger charge is 2.43. The molecule has 3 heteroatoms. The van der Waals surface area contributed by atoms with Crippen LogP contribution in [0.4, 0.5) is 0 Å². The van der Waals surface area contributed by atoms with Crippen LogP contribution in [0.1, 0.15) is 25.8 Å². The standard InChI is InChI=1S/C15H23NO2/c1-14(2,9-16)8-15(10-18-11-15)12-4-6-13(17-3)7-5-12/h4-7H,8-11,16H2,1-3H3. The van der Waals surface area contributed by atoms with Gasteiger partial charge in [0.1, 0.15) is 5.75 Å². The predicted octanol–water partition coefficient (Wildman–Crippen LogP) is 2.34. The fourth-order valence-electron chi connectivity index (χ4n) is 2.65. The second kappa shape index (κ2) is 4.90. The first-order valence-corrected chi connectivity index (χ1v) is 6.44. The molecule has 1 heterocycles. The van der Waals surface area contributed by atoms with Gasteiger partial charge in [0.15, 0.2) is 0 Å². The molecule has 0 bridgehead atoms. The number of rotatable bonds is 5. The van der Waals surface area contributed by atoms with Crippen molar-refractivity contribution >= 4 is 0 Å². The molecule has 1 fully saturated rings. The van der Waals surface area contributed by atoms with Crippen molar-refractivity contribution in [1.82, 2.24) is 0 Å². The lowest BCUT2D eigenvalue weighted by Crippen LogP contribution is -2.50. The van der Waals surface area contributed by atoms with Crippen LogP contribution >= 0.6 is 0 Å². The maximum Gasteiger partial charge on any atom is 0.118 e. The highest BCUT2D eigenvalue weighted by molar-refractivity contribution is 5.34. The summed E-state index contributed by atoms with van der Waals surface area (Å²) in [6.07, 6.45) is 1.06. The SMILES string of the molecule is COc1ccc(C2(CC(C)(C)CN)COC2)cc1. The topological polar surface area (TPSA) is 44.5 Å². The first-order valence-electron chi connectivity index (χ1n) is 6.44. The van der Waals surface area contributed by atoms with Crippen LogP contribution in [0.25, 0.3) is 0 Å². The van der Waals surface area contributed by atoms with Gasteiger partial charge in [-0.15, -0.1) is 0 Å². The molecule has 1 aliphatic heterocycles. The Bertz CT molecular complexity index is 393. The molecule has 1 aromatic rings. The van der Waals surface area contributed by atoms with E-state index in [1.54, 1.807) is 7.11 Å². The Balaban J connectivity index is 2.21. The van der Waals surface area contributed by atoms with Crippen LogP contribution in [0.2, 0.25) is 0 Å². The Morgan fingerprint density at radius 2 is 1.89 bits per heavy atom. The molecule has 0 saturated carbocycles. The summed E-state index contributed by atoms with van der Waals surface area (Å²) >= 11 is 0. The number of hydrogen-bond acceptors (Lipinski definition) is 3. The fraction of sp³-hybridized carbons (Fsp3) is 0.600. The summed E-state index contributed by atoms with van der Waals surface area (Å²) in [5, 5.41) is 0. The molecular formula is C15H23NO2. The molecule has 1 aromatic carbocycles. The third kappa shape index (κ3) is 2.52. The van der Waals surface area contributed by atoms with Gasteiger partial charge in [-0.3, -0.25) is 0 Å². The second-order valence-corrected chi connectivity index (χ2v) is 6.05. The van der Waals surface area contributed by atoms with E-state index in [2.05, 4.69) is 26.0 Å². The molecule has 0 aliphatic carbocycles. The summed E-state index contributed by atoms with van der Waals surface area (Å²) in [7, 11) is 1.69. The number of hydrogen-bond donors (Lipinski definition) is 1. The lowest BCUT2D eigenvalue weighted by molar-refractivity contribution is -0.0786. The lowest BCUT2D eigenvalue weighted by atomic mass is 9.68. The van der Waals surface area contributed by atoms with E-state index in [4.69, 9.17) is 15.2 Å². The summed E-state index contributed by atoms with van der Waals surface area (Å²) in [6, 6.07) is 8.33. The molecule has 0 amide bonds. The van der Waals surface area contributed by atoms with Gasteiger partial charge in [-0.1, -0.05) is 26.0 Å². The van der Waals surface area contributed by atoms with E-state index in [-0.39, 0.29) is 10.8 Å². The van der Waals surface area contributed by atoms with Gasteiger partial charge < -0.3 is 15.2 Å². The van der Waals surface area contributed by atoms with Crippen LogP contribution in [-0.4, -0.2) is 26.9 Å². The van der Waals surface area contributed by atoms with E-state index < -0.39 is 0 Å². The summed E-state index contributed by atoms with van der Waals surface area (Å²) in [5.41, 5.74) is 7.46. The molecule has 0 atom stereocenters. The molecule has 0 aromatic heterocycles. The van der Waals surface area contributed by atoms with E-state index in [0.717, 1.165) is 25.4 Å². The van der Waals surface area contributed by atoms with E-state index in [1.165, 1.54) is 5.56 Å². The molecule has 2 rings (SSSR count). The molecule has 0 radical (unpaired) electrons. The first-order chi connectivity index (χ1) is 8.51. The minimum absolute atomic E-state index is 0.134. The van der Waals surface area contributed by atoms with Crippen molar-refractivity contribution < 1.29 is 9.47 Å². The van der Waals surface area contributed by atoms with Gasteiger partial charge in [-0.2, -0.15) is 0 Å². The van der Waals surface area contributed by atoms with E-state index in [1.807, 2.05) is 12.1 Å². The summed E-state index contributed by atoms with van der Waals surface area (Å²) in [6.45, 7) is 6.73. The van der Waals surface area contributed by atoms with Gasteiger partial charge in [0.25, 0.3) is 0 Å². The van der Waals surface area contributed by atoms with Gasteiger partial charge >= 0.3 is 0 Å². The molecule has 1 saturated heterocycles. The number of ether oxygens (including phenoxy) is 2. The zero-order valence-electron chi connectivity index (χ0n) is 11.5. The highest BCUT2D eigenvalue weighted by Crippen LogP contribution is 2.42. The third-order valence-electron chi connectivity index (χ3n) is 3.83. The average molecular weight is 249 g/mol. The maximum absolute atomic E-state index is 5.86. The van der Waals surface area contributed by atoms with Crippen molar-refractivity contribution in [2.24, 2.45) is 11.1 Å². The summed E-state index contributed by atoms with van der Waals surface area (Å²) in [4.78, 5) is 0. The summed E-state index contributed by atoms with van der Waals surface area (Å²) < 4.78 is 10.7. The number of methoxy groups -OCH3 is 1. The van der Waals surface area contributed by atoms with Gasteiger partial charge in [-0.05, 0) is 36.1 Å². The molecule has 18 heavy (non-hydrogen) atoms. The van der Waals surface area contributed by atoms with E-state index in [0.29, 0.717) is 6.54 Å². The molecule has 0 unspecified atom stereocenters. The largest absolute Gasteiger partial charge is 0.497 e. The fourth-order valence-corrected chi connectivity index (χ4v) is 2.65. The van der Waals surface area contributed by atoms with Gasteiger partial charge in [-0.25, -0.2) is 0 Å². The van der Waals surface area contributed by atoms with Crippen molar-refractivity contribution in [3.63, 3.8) is 0 Å². The van der Waals surface area contributed by atoms with Crippen molar-refractivity contribution in [3.8, 4) is 5.75 Å². The predicted molar refractivity (Wildman–Crippen MR) is 72.9 cm³/mol. The van der Waals surface area contributed by atoms with Crippen LogP contribution < -0.4 is 10.5 Å². The van der Waals surface area contributed by atoms with Crippen LogP contribution in [0.15, 0.2) is 24.3 Å². The molecular weight excluding hydrogens is 226 g/mol. The zero-order valence-corrected chi connectivity index (χ0v) is 11.5. The Hall–Kier alpha value is -1.06. The molecule has 3 nitrogen and oxygen atoms in total. The van der Waals surface area contributed by atoms with Gasteiger partial charge in [0.05, 0.1) is 20.3 Å². The van der Waals surface area contributed by atoms with Crippen molar-refractivity contribution in [2.75, 3.05) is 26.9 Å². The Morgan fingerprint density at radius 3 is 2.28 bits per heavy atom. The van der Waals surface area contributed by atoms with Crippen LogP contribution in [-0.2, 0) is 10.2 Å². The highest BCUT2D eigenvalue weighted by atomic mass is 16.5. The Morgan fingerprint density at radius 1 is 1.28 bits per heavy atom. The Labute approximate surface area is 109 Å². The quantitative estimate of drug-likeness (QED) is 0.871. The van der Waals surface area contributed by atoms with Crippen LogP contribution in [0.3, 0.4) is 0 Å². The maximum atomic E-state index is 5.86. The number of benzene rings is 1. The first kappa shape index (κ1) is 13.4. The second-order valence-electron chi connectivity index (χ2n) is 6.05. The number of nitrogens with two attached hydrogens (primary N) is 1. The van der Waals surface area contributed by atoms with Crippen LogP contribution in [0, 0.1) is 5.41 Å². The lowest BCUT2D eigenvalue weighted by Gasteiger charge is -2.46. The zero-order chi connectivity index (χ0) is 13.2. The van der Waals surface area contributed by atoms with Crippen molar-refractivity contribution in [1.29, 1.82) is 0 Å². The normalized spacial score (nSPS) is 18.2. The van der Waals surface area contributed by atoms with E-state index >= 15 is 0 Å². The van der Waals surface area contributed by atoms with Gasteiger partial charge in [0, 0.05) is 5.41 Å². The monoisotopic (exact) mass is 249 g/mol. The molecule has 2 N–H and O–H groups in total. The molecule has 1 aliphatic rings. The van der Waals surface area contributed by atoms with Crippen molar-refractivity contribution in [3.05, 3.63) is 29.8 Å². The minimum atomic E-state index is 0.134. The smallest absolute Gasteiger partial charge is 0.118 e. The Kier molecular flexibility index (Phi) is 3.64. The molecule has 100 valence electrons. The van der Waals surface area contributed by atoms with E-state index in [9.17, 15) is 0 Å².